The first-order chi connectivity index (χ1) is 8.37. The number of carboxylic acid groups (broad SMARTS) is 1. The summed E-state index contributed by atoms with van der Waals surface area (Å²) in [5.74, 6) is -1.30. The van der Waals surface area contributed by atoms with Crippen LogP contribution in [0.5, 0.6) is 5.75 Å². The van der Waals surface area contributed by atoms with Gasteiger partial charge in [0.05, 0.1) is 5.39 Å². The van der Waals surface area contributed by atoms with E-state index < -0.39 is 18.8 Å². The molecule has 5 nitrogen and oxygen atoms in total. The maximum atomic E-state index is 12.0. The van der Waals surface area contributed by atoms with E-state index in [1.165, 1.54) is 18.3 Å². The molecular weight excluding hydrogens is 253 g/mol. The maximum absolute atomic E-state index is 12.0. The summed E-state index contributed by atoms with van der Waals surface area (Å²) in [4.78, 5) is 17.0. The van der Waals surface area contributed by atoms with Crippen molar-refractivity contribution in [2.45, 2.75) is 6.18 Å². The molecule has 0 aromatic carbocycles. The summed E-state index contributed by atoms with van der Waals surface area (Å²) in [7, 11) is 0. The van der Waals surface area contributed by atoms with Crippen LogP contribution in [0.15, 0.2) is 18.3 Å². The van der Waals surface area contributed by atoms with E-state index in [0.29, 0.717) is 0 Å². The van der Waals surface area contributed by atoms with Gasteiger partial charge in [-0.05, 0) is 12.1 Å². The van der Waals surface area contributed by atoms with Crippen LogP contribution < -0.4 is 4.74 Å². The number of hydrogen-bond donors (Lipinski definition) is 2. The highest BCUT2D eigenvalue weighted by Gasteiger charge is 2.28. The van der Waals surface area contributed by atoms with E-state index in [0.717, 1.165) is 0 Å². The quantitative estimate of drug-likeness (QED) is 0.887. The predicted octanol–water partition coefficient (Wildman–Crippen LogP) is 2.20. The van der Waals surface area contributed by atoms with E-state index in [1.807, 2.05) is 0 Å². The van der Waals surface area contributed by atoms with Crippen LogP contribution in [0.1, 0.15) is 10.5 Å². The zero-order valence-corrected chi connectivity index (χ0v) is 8.78. The van der Waals surface area contributed by atoms with Gasteiger partial charge >= 0.3 is 12.1 Å². The number of H-pyrrole nitrogens is 1. The molecule has 2 rings (SSSR count). The number of nitrogens with zero attached hydrogens (tertiary/aromatic N) is 1. The monoisotopic (exact) mass is 260 g/mol. The lowest BCUT2D eigenvalue weighted by molar-refractivity contribution is -0.153. The van der Waals surface area contributed by atoms with Crippen molar-refractivity contribution < 1.29 is 27.8 Å². The highest BCUT2D eigenvalue weighted by molar-refractivity contribution is 5.94. The van der Waals surface area contributed by atoms with Gasteiger partial charge in [0, 0.05) is 6.20 Å². The van der Waals surface area contributed by atoms with Gasteiger partial charge in [0.1, 0.15) is 17.1 Å². The van der Waals surface area contributed by atoms with Gasteiger partial charge in [-0.15, -0.1) is 0 Å². The van der Waals surface area contributed by atoms with Crippen molar-refractivity contribution in [2.24, 2.45) is 0 Å². The molecule has 0 aliphatic heterocycles. The first kappa shape index (κ1) is 12.2. The van der Waals surface area contributed by atoms with Crippen LogP contribution in [-0.4, -0.2) is 33.8 Å². The minimum absolute atomic E-state index is 0.0684. The van der Waals surface area contributed by atoms with E-state index in [-0.39, 0.29) is 22.5 Å². The molecule has 0 bridgehead atoms. The Morgan fingerprint density at radius 2 is 2.22 bits per heavy atom. The molecule has 0 saturated heterocycles. The number of halogens is 3. The van der Waals surface area contributed by atoms with E-state index in [1.54, 1.807) is 0 Å². The number of hydrogen-bond acceptors (Lipinski definition) is 3. The number of pyridine rings is 1. The molecule has 8 heteroatoms. The number of aromatic carboxylic acids is 1. The van der Waals surface area contributed by atoms with Crippen LogP contribution in [0.2, 0.25) is 0 Å². The van der Waals surface area contributed by atoms with Gasteiger partial charge in [-0.1, -0.05) is 0 Å². The lowest BCUT2D eigenvalue weighted by atomic mass is 10.3. The van der Waals surface area contributed by atoms with Gasteiger partial charge in [-0.2, -0.15) is 13.2 Å². The molecule has 0 aliphatic carbocycles. The van der Waals surface area contributed by atoms with Gasteiger partial charge < -0.3 is 14.8 Å². The number of carboxylic acids is 1. The van der Waals surface area contributed by atoms with Crippen molar-refractivity contribution in [3.8, 4) is 5.75 Å². The predicted molar refractivity (Wildman–Crippen MR) is 54.6 cm³/mol. The number of ether oxygens (including phenoxy) is 1. The Hall–Kier alpha value is -2.25. The second-order valence-corrected chi connectivity index (χ2v) is 3.46. The molecule has 0 saturated carbocycles. The van der Waals surface area contributed by atoms with Crippen molar-refractivity contribution in [3.05, 3.63) is 24.0 Å². The van der Waals surface area contributed by atoms with E-state index >= 15 is 0 Å². The summed E-state index contributed by atoms with van der Waals surface area (Å²) in [6.07, 6.45) is -3.22. The molecule has 2 aromatic heterocycles. The van der Waals surface area contributed by atoms with Crippen LogP contribution in [-0.2, 0) is 0 Å². The fraction of sp³-hybridized carbons (Fsp3) is 0.200. The normalized spacial score (nSPS) is 11.7. The molecule has 0 spiro atoms. The number of fused-ring (bicyclic) bond motifs is 1. The third-order valence-electron chi connectivity index (χ3n) is 2.11. The average Bonchev–Trinajstić information content (AvgIpc) is 2.69. The van der Waals surface area contributed by atoms with Crippen LogP contribution in [0.4, 0.5) is 13.2 Å². The largest absolute Gasteiger partial charge is 0.483 e. The molecular formula is C10H7F3N2O3. The van der Waals surface area contributed by atoms with Gasteiger partial charge in [-0.25, -0.2) is 9.78 Å². The topological polar surface area (TPSA) is 75.2 Å². The maximum Gasteiger partial charge on any atom is 0.422 e. The standard InChI is InChI=1S/C10H7F3N2O3/c11-10(12,13)4-18-7-1-2-14-8-5(7)3-6(15-8)9(16)17/h1-3H,4H2,(H,14,15)(H,16,17). The minimum Gasteiger partial charge on any atom is -0.483 e. The van der Waals surface area contributed by atoms with Crippen LogP contribution >= 0.6 is 0 Å². The molecule has 2 heterocycles. The second-order valence-electron chi connectivity index (χ2n) is 3.46. The van der Waals surface area contributed by atoms with Crippen LogP contribution in [0.3, 0.4) is 0 Å². The second kappa shape index (κ2) is 4.21. The Bertz CT molecular complexity index is 592. The lowest BCUT2D eigenvalue weighted by Gasteiger charge is -2.09. The number of nitrogens with one attached hydrogen (secondary N) is 1. The summed E-state index contributed by atoms with van der Waals surface area (Å²) in [6, 6.07) is 2.42. The third-order valence-corrected chi connectivity index (χ3v) is 2.11. The summed E-state index contributed by atoms with van der Waals surface area (Å²) in [6.45, 7) is -1.44. The molecule has 0 aliphatic rings. The zero-order valence-electron chi connectivity index (χ0n) is 8.78. The van der Waals surface area contributed by atoms with Crippen molar-refractivity contribution in [1.29, 1.82) is 0 Å². The molecule has 0 unspecified atom stereocenters. The number of aromatic amines is 1. The molecule has 0 fully saturated rings. The number of rotatable bonds is 3. The minimum atomic E-state index is -4.46. The molecule has 0 amide bonds. The Kier molecular flexibility index (Phi) is 2.85. The summed E-state index contributed by atoms with van der Waals surface area (Å²) in [5, 5.41) is 8.95. The van der Waals surface area contributed by atoms with Crippen LogP contribution in [0, 0.1) is 0 Å². The van der Waals surface area contributed by atoms with Crippen molar-refractivity contribution in [1.82, 2.24) is 9.97 Å². The molecule has 0 radical (unpaired) electrons. The van der Waals surface area contributed by atoms with Gasteiger partial charge in [-0.3, -0.25) is 0 Å². The fourth-order valence-electron chi connectivity index (χ4n) is 1.40. The van der Waals surface area contributed by atoms with E-state index in [4.69, 9.17) is 5.11 Å². The highest BCUT2D eigenvalue weighted by Crippen LogP contribution is 2.26. The highest BCUT2D eigenvalue weighted by atomic mass is 19.4. The summed E-state index contributed by atoms with van der Waals surface area (Å²) in [5.41, 5.74) is -0.00682. The van der Waals surface area contributed by atoms with E-state index in [9.17, 15) is 18.0 Å². The molecule has 0 atom stereocenters. The molecule has 2 aromatic rings. The van der Waals surface area contributed by atoms with Crippen molar-refractivity contribution >= 4 is 17.0 Å². The number of carbonyl (C=O) groups is 1. The molecule has 18 heavy (non-hydrogen) atoms. The Balaban J connectivity index is 2.36. The molecule has 96 valence electrons. The van der Waals surface area contributed by atoms with Crippen molar-refractivity contribution in [3.63, 3.8) is 0 Å². The van der Waals surface area contributed by atoms with Gasteiger partial charge in [0.15, 0.2) is 6.61 Å². The van der Waals surface area contributed by atoms with Crippen LogP contribution in [0.25, 0.3) is 11.0 Å². The first-order valence-corrected chi connectivity index (χ1v) is 4.77. The molecule has 2 N–H and O–H groups in total. The lowest BCUT2D eigenvalue weighted by Crippen LogP contribution is -2.19. The number of aromatic nitrogens is 2. The Morgan fingerprint density at radius 1 is 1.50 bits per heavy atom. The van der Waals surface area contributed by atoms with E-state index in [2.05, 4.69) is 14.7 Å². The SMILES string of the molecule is O=C(O)c1cc2c(OCC(F)(F)F)ccnc2[nH]1. The fourth-order valence-corrected chi connectivity index (χ4v) is 1.40. The van der Waals surface area contributed by atoms with Crippen molar-refractivity contribution in [2.75, 3.05) is 6.61 Å². The summed E-state index contributed by atoms with van der Waals surface area (Å²) >= 11 is 0. The first-order valence-electron chi connectivity index (χ1n) is 4.77. The van der Waals surface area contributed by atoms with Gasteiger partial charge in [0.25, 0.3) is 0 Å². The Labute approximate surface area is 98.2 Å². The smallest absolute Gasteiger partial charge is 0.422 e. The van der Waals surface area contributed by atoms with Gasteiger partial charge in [0.2, 0.25) is 0 Å². The summed E-state index contributed by atoms with van der Waals surface area (Å²) < 4.78 is 40.7. The zero-order chi connectivity index (χ0) is 13.3. The average molecular weight is 260 g/mol. The Morgan fingerprint density at radius 3 is 2.83 bits per heavy atom. The third kappa shape index (κ3) is 2.53. The number of alkyl halides is 3.